The Balaban J connectivity index is 1.89. The van der Waals surface area contributed by atoms with E-state index in [1.807, 2.05) is 0 Å². The van der Waals surface area contributed by atoms with Crippen LogP contribution in [-0.2, 0) is 4.74 Å². The molecule has 2 fully saturated rings. The van der Waals surface area contributed by atoms with E-state index >= 15 is 0 Å². The summed E-state index contributed by atoms with van der Waals surface area (Å²) in [4.78, 5) is 2.36. The number of morpholine rings is 1. The van der Waals surface area contributed by atoms with Crippen LogP contribution in [0.2, 0.25) is 0 Å². The number of hydrogen-bond acceptors (Lipinski definition) is 4. The van der Waals surface area contributed by atoms with Crippen molar-refractivity contribution in [3.8, 4) is 0 Å². The first-order chi connectivity index (χ1) is 5.88. The lowest BCUT2D eigenvalue weighted by Crippen LogP contribution is -2.46. The molecule has 2 saturated heterocycles. The van der Waals surface area contributed by atoms with E-state index in [0.29, 0.717) is 6.04 Å². The molecule has 2 unspecified atom stereocenters. The second-order valence-corrected chi connectivity index (χ2v) is 4.49. The monoisotopic (exact) mass is 189 g/mol. The summed E-state index contributed by atoms with van der Waals surface area (Å²) in [5.74, 6) is 1.10. The first-order valence-corrected chi connectivity index (χ1v) is 5.54. The number of ether oxygens (including phenoxy) is 1. The fourth-order valence-electron chi connectivity index (χ4n) is 1.84. The summed E-state index contributed by atoms with van der Waals surface area (Å²) in [6.45, 7) is 3.63. The first kappa shape index (κ1) is 8.81. The summed E-state index contributed by atoms with van der Waals surface area (Å²) in [7, 11) is 0. The van der Waals surface area contributed by atoms with Gasteiger partial charge in [-0.3, -0.25) is 4.90 Å². The maximum absolute atomic E-state index is 9.62. The van der Waals surface area contributed by atoms with Crippen molar-refractivity contribution in [1.29, 1.82) is 0 Å². The van der Waals surface area contributed by atoms with Gasteiger partial charge in [-0.15, -0.1) is 11.8 Å². The van der Waals surface area contributed by atoms with Gasteiger partial charge < -0.3 is 9.84 Å². The highest BCUT2D eigenvalue weighted by molar-refractivity contribution is 8.00. The minimum atomic E-state index is -0.164. The first-order valence-electron chi connectivity index (χ1n) is 4.49. The van der Waals surface area contributed by atoms with Crippen LogP contribution >= 0.6 is 11.8 Å². The zero-order valence-electron chi connectivity index (χ0n) is 7.11. The molecule has 0 aromatic rings. The largest absolute Gasteiger partial charge is 0.381 e. The summed E-state index contributed by atoms with van der Waals surface area (Å²) in [6, 6.07) is 0.388. The van der Waals surface area contributed by atoms with Crippen LogP contribution in [0.15, 0.2) is 0 Å². The third kappa shape index (κ3) is 1.76. The number of aliphatic hydroxyl groups excluding tert-OH is 1. The smallest absolute Gasteiger partial charge is 0.115 e. The summed E-state index contributed by atoms with van der Waals surface area (Å²) in [6.07, 6.45) is 1.13. The number of nitrogens with zero attached hydrogens (tertiary/aromatic N) is 1. The van der Waals surface area contributed by atoms with Crippen molar-refractivity contribution >= 4 is 11.8 Å². The van der Waals surface area contributed by atoms with Crippen LogP contribution in [0.25, 0.3) is 0 Å². The molecule has 2 rings (SSSR count). The zero-order valence-corrected chi connectivity index (χ0v) is 7.92. The third-order valence-electron chi connectivity index (χ3n) is 2.55. The molecule has 3 nitrogen and oxygen atoms in total. The van der Waals surface area contributed by atoms with Gasteiger partial charge in [-0.25, -0.2) is 0 Å². The van der Waals surface area contributed by atoms with E-state index < -0.39 is 0 Å². The molecule has 0 aromatic heterocycles. The van der Waals surface area contributed by atoms with Crippen LogP contribution in [0.4, 0.5) is 0 Å². The van der Waals surface area contributed by atoms with E-state index in [1.54, 1.807) is 11.8 Å². The maximum atomic E-state index is 9.62. The number of thioether (sulfide) groups is 1. The Labute approximate surface area is 77.1 Å². The number of rotatable bonds is 1. The van der Waals surface area contributed by atoms with Crippen LogP contribution < -0.4 is 0 Å². The topological polar surface area (TPSA) is 32.7 Å². The Kier molecular flexibility index (Phi) is 2.91. The summed E-state index contributed by atoms with van der Waals surface area (Å²) in [5, 5.41) is 9.62. The number of aliphatic hydroxyl groups is 1. The van der Waals surface area contributed by atoms with Gasteiger partial charge in [-0.2, -0.15) is 0 Å². The summed E-state index contributed by atoms with van der Waals surface area (Å²) < 4.78 is 5.26. The van der Waals surface area contributed by atoms with Gasteiger partial charge in [-0.05, 0) is 12.2 Å². The van der Waals surface area contributed by atoms with Crippen molar-refractivity contribution in [1.82, 2.24) is 4.90 Å². The molecule has 0 saturated carbocycles. The van der Waals surface area contributed by atoms with Crippen molar-refractivity contribution in [2.24, 2.45) is 0 Å². The van der Waals surface area contributed by atoms with Gasteiger partial charge in [0.1, 0.15) is 5.44 Å². The van der Waals surface area contributed by atoms with Crippen LogP contribution in [0, 0.1) is 0 Å². The van der Waals surface area contributed by atoms with E-state index in [1.165, 1.54) is 0 Å². The molecule has 4 heteroatoms. The third-order valence-corrected chi connectivity index (χ3v) is 3.67. The minimum Gasteiger partial charge on any atom is -0.381 e. The average molecular weight is 189 g/mol. The Bertz CT molecular complexity index is 150. The highest BCUT2D eigenvalue weighted by Gasteiger charge is 2.31. The molecule has 12 heavy (non-hydrogen) atoms. The molecule has 0 spiro atoms. The highest BCUT2D eigenvalue weighted by atomic mass is 32.2. The molecule has 0 amide bonds. The van der Waals surface area contributed by atoms with Crippen LogP contribution in [0.3, 0.4) is 0 Å². The molecular weight excluding hydrogens is 174 g/mol. The zero-order chi connectivity index (χ0) is 8.39. The second-order valence-electron chi connectivity index (χ2n) is 3.27. The second kappa shape index (κ2) is 3.96. The summed E-state index contributed by atoms with van der Waals surface area (Å²) in [5.41, 5.74) is -0.164. The molecule has 70 valence electrons. The average Bonchev–Trinajstić information content (AvgIpc) is 2.53. The van der Waals surface area contributed by atoms with Crippen LogP contribution in [-0.4, -0.2) is 53.5 Å². The molecule has 2 heterocycles. The molecule has 0 radical (unpaired) electrons. The van der Waals surface area contributed by atoms with Gasteiger partial charge in [0.05, 0.1) is 13.2 Å². The molecule has 0 bridgehead atoms. The van der Waals surface area contributed by atoms with Crippen molar-refractivity contribution in [3.05, 3.63) is 0 Å². The molecule has 1 N–H and O–H groups in total. The normalized spacial score (nSPS) is 38.8. The Morgan fingerprint density at radius 3 is 2.67 bits per heavy atom. The molecule has 0 aromatic carbocycles. The van der Waals surface area contributed by atoms with E-state index in [9.17, 15) is 5.11 Å². The predicted molar refractivity (Wildman–Crippen MR) is 49.3 cm³/mol. The molecule has 2 atom stereocenters. The standard InChI is InChI=1S/C8H15NO2S/c10-8-7(1-6-12-8)9-2-4-11-5-3-9/h7-8,10H,1-6H2. The lowest BCUT2D eigenvalue weighted by Gasteiger charge is -2.33. The molecule has 0 aliphatic carbocycles. The van der Waals surface area contributed by atoms with Crippen molar-refractivity contribution < 1.29 is 9.84 Å². The van der Waals surface area contributed by atoms with Crippen molar-refractivity contribution in [2.75, 3.05) is 32.1 Å². The maximum Gasteiger partial charge on any atom is 0.115 e. The van der Waals surface area contributed by atoms with E-state index in [4.69, 9.17) is 4.74 Å². The van der Waals surface area contributed by atoms with Gasteiger partial charge in [-0.1, -0.05) is 0 Å². The van der Waals surface area contributed by atoms with Crippen LogP contribution in [0.1, 0.15) is 6.42 Å². The van der Waals surface area contributed by atoms with E-state index in [2.05, 4.69) is 4.90 Å². The molecular formula is C8H15NO2S. The van der Waals surface area contributed by atoms with Gasteiger partial charge in [0.15, 0.2) is 0 Å². The van der Waals surface area contributed by atoms with Crippen molar-refractivity contribution in [2.45, 2.75) is 17.9 Å². The molecule has 2 aliphatic rings. The summed E-state index contributed by atoms with van der Waals surface area (Å²) >= 11 is 1.67. The predicted octanol–water partition coefficient (Wildman–Crippen LogP) is 0.142. The SMILES string of the molecule is OC1SCCC1N1CCOCC1. The Morgan fingerprint density at radius 1 is 1.33 bits per heavy atom. The fourth-order valence-corrected chi connectivity index (χ4v) is 2.98. The van der Waals surface area contributed by atoms with Crippen LogP contribution in [0.5, 0.6) is 0 Å². The quantitative estimate of drug-likeness (QED) is 0.636. The Morgan fingerprint density at radius 2 is 2.08 bits per heavy atom. The van der Waals surface area contributed by atoms with Gasteiger partial charge >= 0.3 is 0 Å². The van der Waals surface area contributed by atoms with Gasteiger partial charge in [0, 0.05) is 19.1 Å². The highest BCUT2D eigenvalue weighted by Crippen LogP contribution is 2.28. The number of hydrogen-bond donors (Lipinski definition) is 1. The lowest BCUT2D eigenvalue weighted by atomic mass is 10.2. The lowest BCUT2D eigenvalue weighted by molar-refractivity contribution is -0.000563. The van der Waals surface area contributed by atoms with Gasteiger partial charge in [0.25, 0.3) is 0 Å². The van der Waals surface area contributed by atoms with Crippen molar-refractivity contribution in [3.63, 3.8) is 0 Å². The van der Waals surface area contributed by atoms with E-state index in [-0.39, 0.29) is 5.44 Å². The minimum absolute atomic E-state index is 0.164. The fraction of sp³-hybridized carbons (Fsp3) is 1.00. The van der Waals surface area contributed by atoms with Gasteiger partial charge in [0.2, 0.25) is 0 Å². The molecule has 2 aliphatic heterocycles. The Hall–Kier alpha value is 0.230. The van der Waals surface area contributed by atoms with E-state index in [0.717, 1.165) is 38.5 Å².